The molecule has 232 valence electrons. The van der Waals surface area contributed by atoms with Crippen LogP contribution in [0, 0.1) is 18.3 Å². The number of anilines is 1. The number of hydrogen-bond acceptors (Lipinski definition) is 8. The minimum absolute atomic E-state index is 0.0484. The van der Waals surface area contributed by atoms with Crippen LogP contribution in [0.25, 0.3) is 22.3 Å². The molecule has 0 radical (unpaired) electrons. The number of rotatable bonds is 4. The van der Waals surface area contributed by atoms with Gasteiger partial charge < -0.3 is 14.5 Å². The molecule has 2 atom stereocenters. The molecule has 1 saturated heterocycles. The van der Waals surface area contributed by atoms with Crippen LogP contribution >= 0.6 is 0 Å². The van der Waals surface area contributed by atoms with Crippen LogP contribution in [0.3, 0.4) is 0 Å². The van der Waals surface area contributed by atoms with Gasteiger partial charge >= 0.3 is 11.8 Å². The summed E-state index contributed by atoms with van der Waals surface area (Å²) < 4.78 is 7.25. The van der Waals surface area contributed by atoms with Crippen LogP contribution in [0.4, 0.5) is 10.6 Å². The Balaban J connectivity index is 1.74. The van der Waals surface area contributed by atoms with E-state index in [1.165, 1.54) is 0 Å². The molecular weight excluding hydrogens is 554 g/mol. The average molecular weight is 598 g/mol. The first-order valence-electron chi connectivity index (χ1n) is 15.6. The van der Waals surface area contributed by atoms with Crippen molar-refractivity contribution in [3.63, 3.8) is 0 Å². The molecule has 2 aliphatic rings. The molecule has 1 fully saturated rings. The van der Waals surface area contributed by atoms with Crippen molar-refractivity contribution in [2.24, 2.45) is 0 Å². The predicted octanol–water partition coefficient (Wildman–Crippen LogP) is 6.27. The largest absolute Gasteiger partial charge is 0.444 e. The summed E-state index contributed by atoms with van der Waals surface area (Å²) >= 11 is 0. The molecule has 5 rings (SSSR count). The molecule has 0 N–H and O–H groups in total. The standard InChI is InChI=1S/C34H43N7O3/c1-20(2)27-29(21(3)14-15-36-27)41-31-26(16-25(17-35)28(37-31)24-12-10-9-11-13-24)30(38-32(41)42)39-18-23(5)40(19-22(39)4)33(43)44-34(6,7)8/h12,14-16,20,22-23H,9-11,13,18-19H2,1-8H3/t22-,23+/m0/s1. The molecule has 3 aromatic heterocycles. The number of carbonyl (C=O) groups excluding carboxylic acids is 1. The molecule has 4 heterocycles. The van der Waals surface area contributed by atoms with Crippen molar-refractivity contribution in [2.75, 3.05) is 18.0 Å². The number of fused-ring (bicyclic) bond motifs is 1. The van der Waals surface area contributed by atoms with Crippen LogP contribution < -0.4 is 10.6 Å². The van der Waals surface area contributed by atoms with E-state index in [1.807, 2.05) is 67.5 Å². The first kappa shape index (κ1) is 31.2. The molecule has 0 aromatic carbocycles. The molecule has 0 spiro atoms. The number of aryl methyl sites for hydroxylation is 1. The normalized spacial score (nSPS) is 19.2. The van der Waals surface area contributed by atoms with E-state index >= 15 is 0 Å². The molecule has 44 heavy (non-hydrogen) atoms. The van der Waals surface area contributed by atoms with E-state index in [0.29, 0.717) is 46.9 Å². The van der Waals surface area contributed by atoms with Crippen LogP contribution in [0.5, 0.6) is 0 Å². The van der Waals surface area contributed by atoms with E-state index in [-0.39, 0.29) is 24.1 Å². The summed E-state index contributed by atoms with van der Waals surface area (Å²) in [5.74, 6) is 0.512. The molecule has 10 heteroatoms. The third-order valence-corrected chi connectivity index (χ3v) is 8.37. The van der Waals surface area contributed by atoms with Crippen LogP contribution in [0.1, 0.15) is 103 Å². The Hall–Kier alpha value is -4.26. The monoisotopic (exact) mass is 597 g/mol. The zero-order valence-corrected chi connectivity index (χ0v) is 27.1. The molecule has 1 aliphatic heterocycles. The lowest BCUT2D eigenvalue weighted by atomic mass is 9.94. The summed E-state index contributed by atoms with van der Waals surface area (Å²) in [7, 11) is 0. The fourth-order valence-electron chi connectivity index (χ4n) is 6.22. The van der Waals surface area contributed by atoms with Crippen molar-refractivity contribution in [1.29, 1.82) is 5.26 Å². The van der Waals surface area contributed by atoms with Crippen molar-refractivity contribution < 1.29 is 9.53 Å². The van der Waals surface area contributed by atoms with E-state index in [4.69, 9.17) is 9.72 Å². The van der Waals surface area contributed by atoms with Crippen molar-refractivity contribution >= 4 is 28.5 Å². The Morgan fingerprint density at radius 2 is 1.89 bits per heavy atom. The van der Waals surface area contributed by atoms with E-state index in [2.05, 4.69) is 27.0 Å². The summed E-state index contributed by atoms with van der Waals surface area (Å²) in [6, 6.07) is 5.72. The second kappa shape index (κ2) is 12.0. The Labute approximate surface area is 259 Å². The first-order valence-corrected chi connectivity index (χ1v) is 15.6. The van der Waals surface area contributed by atoms with Gasteiger partial charge in [0.1, 0.15) is 17.5 Å². The molecule has 1 aliphatic carbocycles. The summed E-state index contributed by atoms with van der Waals surface area (Å²) in [5.41, 5.74) is 3.84. The molecule has 0 saturated carbocycles. The highest BCUT2D eigenvalue weighted by Crippen LogP contribution is 2.35. The second-order valence-corrected chi connectivity index (χ2v) is 13.4. The Kier molecular flexibility index (Phi) is 8.52. The van der Waals surface area contributed by atoms with Gasteiger partial charge in [-0.1, -0.05) is 19.9 Å². The van der Waals surface area contributed by atoms with Gasteiger partial charge in [-0.05, 0) is 96.4 Å². The SMILES string of the molecule is Cc1ccnc(C(C)C)c1-n1c(=O)nc(N2C[C@@H](C)N(C(=O)OC(C)(C)C)C[C@@H]2C)c2cc(C#N)c(C3=CCCCC3)nc21. The maximum Gasteiger partial charge on any atom is 0.410 e. The van der Waals surface area contributed by atoms with Crippen molar-refractivity contribution in [3.8, 4) is 11.8 Å². The Bertz CT molecular complexity index is 1730. The lowest BCUT2D eigenvalue weighted by molar-refractivity contribution is 0.0130. The fourth-order valence-corrected chi connectivity index (χ4v) is 6.22. The minimum atomic E-state index is -0.608. The minimum Gasteiger partial charge on any atom is -0.444 e. The Morgan fingerprint density at radius 3 is 2.52 bits per heavy atom. The van der Waals surface area contributed by atoms with Crippen molar-refractivity contribution in [1.82, 2.24) is 24.4 Å². The number of ether oxygens (including phenoxy) is 1. The van der Waals surface area contributed by atoms with Gasteiger partial charge in [0.05, 0.1) is 28.0 Å². The summed E-state index contributed by atoms with van der Waals surface area (Å²) in [4.78, 5) is 45.5. The summed E-state index contributed by atoms with van der Waals surface area (Å²) in [6.07, 6.45) is 7.46. The zero-order chi connectivity index (χ0) is 31.9. The summed E-state index contributed by atoms with van der Waals surface area (Å²) in [6.45, 7) is 16.4. The van der Waals surface area contributed by atoms with Gasteiger partial charge in [0.25, 0.3) is 0 Å². The molecule has 0 unspecified atom stereocenters. The molecular formula is C34H43N7O3. The molecule has 1 amide bonds. The topological polar surface area (TPSA) is 117 Å². The Morgan fingerprint density at radius 1 is 1.14 bits per heavy atom. The number of nitrogens with zero attached hydrogens (tertiary/aromatic N) is 7. The number of nitriles is 1. The first-order chi connectivity index (χ1) is 20.8. The zero-order valence-electron chi connectivity index (χ0n) is 27.1. The van der Waals surface area contributed by atoms with Crippen molar-refractivity contribution in [3.05, 3.63) is 57.4 Å². The third-order valence-electron chi connectivity index (χ3n) is 8.37. The van der Waals surface area contributed by atoms with Crippen molar-refractivity contribution in [2.45, 2.75) is 105 Å². The fraction of sp³-hybridized carbons (Fsp3) is 0.529. The molecule has 3 aromatic rings. The number of allylic oxidation sites excluding steroid dienone is 2. The van der Waals surface area contributed by atoms with Gasteiger partial charge in [-0.25, -0.2) is 19.1 Å². The number of carbonyl (C=O) groups is 1. The van der Waals surface area contributed by atoms with Crippen LogP contribution in [-0.4, -0.2) is 61.3 Å². The second-order valence-electron chi connectivity index (χ2n) is 13.4. The van der Waals surface area contributed by atoms with E-state index < -0.39 is 11.3 Å². The summed E-state index contributed by atoms with van der Waals surface area (Å²) in [5, 5.41) is 10.9. The quantitative estimate of drug-likeness (QED) is 0.345. The van der Waals surface area contributed by atoms with E-state index in [0.717, 1.165) is 42.5 Å². The third kappa shape index (κ3) is 5.92. The lowest BCUT2D eigenvalue weighted by Crippen LogP contribution is -2.59. The van der Waals surface area contributed by atoms with Gasteiger partial charge in [-0.3, -0.25) is 4.98 Å². The number of hydrogen-bond donors (Lipinski definition) is 0. The molecule has 0 bridgehead atoms. The van der Waals surface area contributed by atoms with E-state index in [9.17, 15) is 14.9 Å². The predicted molar refractivity (Wildman–Crippen MR) is 172 cm³/mol. The number of piperazine rings is 1. The van der Waals surface area contributed by atoms with Gasteiger partial charge in [-0.15, -0.1) is 0 Å². The number of amides is 1. The van der Waals surface area contributed by atoms with E-state index in [1.54, 1.807) is 15.7 Å². The van der Waals surface area contributed by atoms with Gasteiger partial charge in [0.15, 0.2) is 5.65 Å². The van der Waals surface area contributed by atoms with Gasteiger partial charge in [-0.2, -0.15) is 10.2 Å². The van der Waals surface area contributed by atoms with Crippen LogP contribution in [0.2, 0.25) is 0 Å². The number of aromatic nitrogens is 4. The maximum atomic E-state index is 14.2. The highest BCUT2D eigenvalue weighted by molar-refractivity contribution is 5.92. The molecule has 10 nitrogen and oxygen atoms in total. The average Bonchev–Trinajstić information content (AvgIpc) is 2.97. The lowest BCUT2D eigenvalue weighted by Gasteiger charge is -2.44. The van der Waals surface area contributed by atoms with Gasteiger partial charge in [0.2, 0.25) is 0 Å². The van der Waals surface area contributed by atoms with Crippen LogP contribution in [0.15, 0.2) is 29.2 Å². The number of pyridine rings is 2. The van der Waals surface area contributed by atoms with Crippen LogP contribution in [-0.2, 0) is 4.74 Å². The highest BCUT2D eigenvalue weighted by atomic mass is 16.6. The highest BCUT2D eigenvalue weighted by Gasteiger charge is 2.36. The van der Waals surface area contributed by atoms with Gasteiger partial charge in [0, 0.05) is 31.4 Å². The maximum absolute atomic E-state index is 14.2. The smallest absolute Gasteiger partial charge is 0.410 e.